The molecule has 1 aromatic carbocycles. The number of pyridine rings is 1. The van der Waals surface area contributed by atoms with E-state index in [0.29, 0.717) is 27.4 Å². The van der Waals surface area contributed by atoms with Crippen LogP contribution in [-0.4, -0.2) is 27.3 Å². The van der Waals surface area contributed by atoms with Gasteiger partial charge in [0.1, 0.15) is 10.7 Å². The molecule has 0 spiro atoms. The van der Waals surface area contributed by atoms with Crippen LogP contribution in [-0.2, 0) is 13.0 Å². The summed E-state index contributed by atoms with van der Waals surface area (Å²) in [6.45, 7) is 3.24. The molecule has 1 N–H and O–H groups in total. The molecular weight excluding hydrogens is 368 g/mol. The number of carbonyl (C=O) groups is 1. The molecule has 0 saturated carbocycles. The largest absolute Gasteiger partial charge is 0.333 e. The Balaban J connectivity index is 1.52. The minimum Gasteiger partial charge on any atom is -0.333 e. The predicted octanol–water partition coefficient (Wildman–Crippen LogP) is 4.44. The first-order valence-corrected chi connectivity index (χ1v) is 9.51. The van der Waals surface area contributed by atoms with Crippen LogP contribution in [0.4, 0.5) is 10.9 Å². The first-order valence-electron chi connectivity index (χ1n) is 8.32. The van der Waals surface area contributed by atoms with E-state index in [2.05, 4.69) is 27.4 Å². The Morgan fingerprint density at radius 3 is 2.81 bits per heavy atom. The van der Waals surface area contributed by atoms with Crippen LogP contribution in [0.3, 0.4) is 0 Å². The minimum atomic E-state index is 0.0339. The third-order valence-electron chi connectivity index (χ3n) is 4.37. The van der Waals surface area contributed by atoms with E-state index < -0.39 is 0 Å². The quantitative estimate of drug-likeness (QED) is 0.725. The van der Waals surface area contributed by atoms with Gasteiger partial charge in [0, 0.05) is 19.3 Å². The van der Waals surface area contributed by atoms with Crippen LogP contribution in [0.1, 0.15) is 26.5 Å². The SMILES string of the molecule is Cc1nc(Nc2ccc(Cl)cn2)sc1C(=O)N1CCc2ccccc2C1. The number of rotatable bonds is 3. The summed E-state index contributed by atoms with van der Waals surface area (Å²) in [7, 11) is 0. The summed E-state index contributed by atoms with van der Waals surface area (Å²) in [6, 6.07) is 11.8. The highest BCUT2D eigenvalue weighted by Gasteiger charge is 2.25. The number of thiazole rings is 1. The van der Waals surface area contributed by atoms with Crippen molar-refractivity contribution in [3.63, 3.8) is 0 Å². The van der Waals surface area contributed by atoms with E-state index in [1.165, 1.54) is 22.5 Å². The van der Waals surface area contributed by atoms with Crippen molar-refractivity contribution in [1.82, 2.24) is 14.9 Å². The molecule has 132 valence electrons. The fourth-order valence-electron chi connectivity index (χ4n) is 3.02. The summed E-state index contributed by atoms with van der Waals surface area (Å²) < 4.78 is 0. The van der Waals surface area contributed by atoms with E-state index >= 15 is 0 Å². The Hall–Kier alpha value is -2.44. The van der Waals surface area contributed by atoms with Crippen LogP contribution in [0.25, 0.3) is 0 Å². The molecule has 5 nitrogen and oxygen atoms in total. The first-order chi connectivity index (χ1) is 12.6. The number of aryl methyl sites for hydroxylation is 1. The molecule has 26 heavy (non-hydrogen) atoms. The van der Waals surface area contributed by atoms with Crippen LogP contribution in [0, 0.1) is 6.92 Å². The monoisotopic (exact) mass is 384 g/mol. The second-order valence-corrected chi connectivity index (χ2v) is 7.60. The molecule has 4 rings (SSSR count). The van der Waals surface area contributed by atoms with E-state index in [-0.39, 0.29) is 5.91 Å². The maximum absolute atomic E-state index is 13.0. The topological polar surface area (TPSA) is 58.1 Å². The van der Waals surface area contributed by atoms with Crippen LogP contribution >= 0.6 is 22.9 Å². The van der Waals surface area contributed by atoms with Gasteiger partial charge in [0.25, 0.3) is 5.91 Å². The second kappa shape index (κ2) is 7.05. The molecule has 1 aliphatic rings. The molecule has 2 aromatic heterocycles. The maximum atomic E-state index is 13.0. The molecule has 0 bridgehead atoms. The number of benzene rings is 1. The van der Waals surface area contributed by atoms with Gasteiger partial charge in [-0.2, -0.15) is 0 Å². The average molecular weight is 385 g/mol. The van der Waals surface area contributed by atoms with E-state index in [0.717, 1.165) is 18.7 Å². The summed E-state index contributed by atoms with van der Waals surface area (Å²) in [4.78, 5) is 24.2. The van der Waals surface area contributed by atoms with Gasteiger partial charge in [-0.25, -0.2) is 9.97 Å². The molecule has 3 heterocycles. The highest BCUT2D eigenvalue weighted by atomic mass is 35.5. The molecule has 0 saturated heterocycles. The number of amides is 1. The molecule has 1 amide bonds. The first kappa shape index (κ1) is 17.0. The van der Waals surface area contributed by atoms with Crippen molar-refractivity contribution in [2.45, 2.75) is 19.9 Å². The number of fused-ring (bicyclic) bond motifs is 1. The maximum Gasteiger partial charge on any atom is 0.266 e. The van der Waals surface area contributed by atoms with Crippen molar-refractivity contribution in [2.24, 2.45) is 0 Å². The molecule has 3 aromatic rings. The molecule has 7 heteroatoms. The number of carbonyl (C=O) groups excluding carboxylic acids is 1. The second-order valence-electron chi connectivity index (χ2n) is 6.17. The molecule has 0 aliphatic carbocycles. The van der Waals surface area contributed by atoms with Crippen molar-refractivity contribution >= 4 is 39.8 Å². The van der Waals surface area contributed by atoms with Gasteiger partial charge in [-0.1, -0.05) is 47.2 Å². The summed E-state index contributed by atoms with van der Waals surface area (Å²) in [5, 5.41) is 4.36. The fourth-order valence-corrected chi connectivity index (χ4v) is 4.07. The van der Waals surface area contributed by atoms with Gasteiger partial charge in [-0.05, 0) is 36.6 Å². The number of aromatic nitrogens is 2. The average Bonchev–Trinajstić information content (AvgIpc) is 3.02. The standard InChI is InChI=1S/C19H17ClN4OS/c1-12-17(26-19(22-12)23-16-7-6-15(20)10-21-16)18(25)24-9-8-13-4-2-3-5-14(13)11-24/h2-7,10H,8-9,11H2,1H3,(H,21,22,23). The predicted molar refractivity (Wildman–Crippen MR) is 104 cm³/mol. The molecule has 0 atom stereocenters. The molecule has 1 aliphatic heterocycles. The zero-order chi connectivity index (χ0) is 18.1. The van der Waals surface area contributed by atoms with Crippen LogP contribution in [0.15, 0.2) is 42.6 Å². The Morgan fingerprint density at radius 2 is 2.04 bits per heavy atom. The molecule has 0 radical (unpaired) electrons. The fraction of sp³-hybridized carbons (Fsp3) is 0.211. The number of anilines is 2. The summed E-state index contributed by atoms with van der Waals surface area (Å²) >= 11 is 7.21. The van der Waals surface area contributed by atoms with Gasteiger partial charge in [0.2, 0.25) is 0 Å². The third-order valence-corrected chi connectivity index (χ3v) is 5.66. The van der Waals surface area contributed by atoms with Gasteiger partial charge < -0.3 is 10.2 Å². The van der Waals surface area contributed by atoms with E-state index in [1.807, 2.05) is 24.0 Å². The Kier molecular flexibility index (Phi) is 4.61. The summed E-state index contributed by atoms with van der Waals surface area (Å²) in [5.74, 6) is 0.681. The number of nitrogens with one attached hydrogen (secondary N) is 1. The van der Waals surface area contributed by atoms with Crippen molar-refractivity contribution in [2.75, 3.05) is 11.9 Å². The van der Waals surface area contributed by atoms with E-state index in [4.69, 9.17) is 11.6 Å². The number of halogens is 1. The normalized spacial score (nSPS) is 13.4. The summed E-state index contributed by atoms with van der Waals surface area (Å²) in [6.07, 6.45) is 2.46. The van der Waals surface area contributed by atoms with Crippen LogP contribution in [0.5, 0.6) is 0 Å². The van der Waals surface area contributed by atoms with Gasteiger partial charge >= 0.3 is 0 Å². The Labute approximate surface area is 160 Å². The molecule has 0 unspecified atom stereocenters. The van der Waals surface area contributed by atoms with Crippen molar-refractivity contribution in [3.05, 3.63) is 69.3 Å². The zero-order valence-electron chi connectivity index (χ0n) is 14.2. The Bertz CT molecular complexity index is 954. The van der Waals surface area contributed by atoms with Gasteiger partial charge in [-0.3, -0.25) is 4.79 Å². The van der Waals surface area contributed by atoms with Crippen LogP contribution < -0.4 is 5.32 Å². The number of hydrogen-bond acceptors (Lipinski definition) is 5. The highest BCUT2D eigenvalue weighted by Crippen LogP contribution is 2.28. The number of hydrogen-bond donors (Lipinski definition) is 1. The lowest BCUT2D eigenvalue weighted by Crippen LogP contribution is -2.35. The van der Waals surface area contributed by atoms with Crippen LogP contribution in [0.2, 0.25) is 5.02 Å². The van der Waals surface area contributed by atoms with Gasteiger partial charge in [0.15, 0.2) is 5.13 Å². The van der Waals surface area contributed by atoms with Gasteiger partial charge in [-0.15, -0.1) is 0 Å². The lowest BCUT2D eigenvalue weighted by molar-refractivity contribution is 0.0738. The van der Waals surface area contributed by atoms with E-state index in [9.17, 15) is 4.79 Å². The lowest BCUT2D eigenvalue weighted by Gasteiger charge is -2.28. The third kappa shape index (κ3) is 3.43. The van der Waals surface area contributed by atoms with Crippen molar-refractivity contribution in [3.8, 4) is 0 Å². The number of nitrogens with zero attached hydrogens (tertiary/aromatic N) is 3. The molecule has 0 fully saturated rings. The van der Waals surface area contributed by atoms with Crippen molar-refractivity contribution in [1.29, 1.82) is 0 Å². The summed E-state index contributed by atoms with van der Waals surface area (Å²) in [5.41, 5.74) is 3.28. The lowest BCUT2D eigenvalue weighted by atomic mass is 10.00. The molecular formula is C19H17ClN4OS. The van der Waals surface area contributed by atoms with Crippen molar-refractivity contribution < 1.29 is 4.79 Å². The van der Waals surface area contributed by atoms with Gasteiger partial charge in [0.05, 0.1) is 10.7 Å². The highest BCUT2D eigenvalue weighted by molar-refractivity contribution is 7.17. The minimum absolute atomic E-state index is 0.0339. The van der Waals surface area contributed by atoms with E-state index in [1.54, 1.807) is 18.3 Å². The zero-order valence-corrected chi connectivity index (χ0v) is 15.8. The Morgan fingerprint density at radius 1 is 1.23 bits per heavy atom. The smallest absolute Gasteiger partial charge is 0.266 e.